The molecule has 0 spiro atoms. The van der Waals surface area contributed by atoms with Crippen molar-refractivity contribution < 1.29 is 18.7 Å². The number of halogens is 2. The Kier molecular flexibility index (Phi) is 9.14. The topological polar surface area (TPSA) is 85.9 Å². The van der Waals surface area contributed by atoms with Gasteiger partial charge >= 0.3 is 6.03 Å². The molecule has 0 bridgehead atoms. The first-order chi connectivity index (χ1) is 19.9. The highest BCUT2D eigenvalue weighted by Crippen LogP contribution is 2.31. The van der Waals surface area contributed by atoms with Crippen LogP contribution in [0.25, 0.3) is 0 Å². The van der Waals surface area contributed by atoms with Crippen molar-refractivity contribution >= 4 is 46.3 Å². The van der Waals surface area contributed by atoms with Gasteiger partial charge in [0.1, 0.15) is 11.6 Å². The normalized spacial score (nSPS) is 15.8. The zero-order chi connectivity index (χ0) is 28.8. The van der Waals surface area contributed by atoms with E-state index < -0.39 is 11.8 Å². The van der Waals surface area contributed by atoms with Gasteiger partial charge in [-0.3, -0.25) is 4.79 Å². The highest BCUT2D eigenvalue weighted by Gasteiger charge is 2.25. The second-order valence-electron chi connectivity index (χ2n) is 10.4. The van der Waals surface area contributed by atoms with Gasteiger partial charge in [-0.1, -0.05) is 43.0 Å². The Labute approximate surface area is 244 Å². The third-order valence-electron chi connectivity index (χ3n) is 7.66. The standard InChI is InChI=1S/C31H35ClFN5O3/c1-41-29-10-6-5-9-28(29)38-17-15-37(16-18-38)27-14-12-22(19-24(27)30(39)34-21-7-3-2-4-8-21)35-31(40)36-23-11-13-26(33)25(32)20-23/h5-6,9-14,19-21H,2-4,7-8,15-18H2,1H3,(H,34,39)(H2,35,36,40). The maximum Gasteiger partial charge on any atom is 0.323 e. The third kappa shape index (κ3) is 7.03. The van der Waals surface area contributed by atoms with Crippen molar-refractivity contribution in [2.75, 3.05) is 53.7 Å². The number of carbonyl (C=O) groups excluding carboxylic acids is 2. The number of anilines is 4. The van der Waals surface area contributed by atoms with Crippen LogP contribution in [-0.4, -0.2) is 51.3 Å². The van der Waals surface area contributed by atoms with E-state index >= 15 is 0 Å². The molecule has 2 aliphatic rings. The fourth-order valence-corrected chi connectivity index (χ4v) is 5.71. The molecular formula is C31H35ClFN5O3. The lowest BCUT2D eigenvalue weighted by Gasteiger charge is -2.38. The minimum absolute atomic E-state index is 0.0837. The number of carbonyl (C=O) groups is 2. The molecule has 1 aliphatic heterocycles. The molecular weight excluding hydrogens is 545 g/mol. The van der Waals surface area contributed by atoms with E-state index in [-0.39, 0.29) is 17.0 Å². The van der Waals surface area contributed by atoms with Crippen molar-refractivity contribution in [2.45, 2.75) is 38.1 Å². The van der Waals surface area contributed by atoms with Gasteiger partial charge in [-0.2, -0.15) is 0 Å². The number of urea groups is 1. The number of methoxy groups -OCH3 is 1. The van der Waals surface area contributed by atoms with Crippen molar-refractivity contribution in [1.29, 1.82) is 0 Å². The average Bonchev–Trinajstić information content (AvgIpc) is 2.99. The number of benzene rings is 3. The Bertz CT molecular complexity index is 1390. The van der Waals surface area contributed by atoms with Gasteiger partial charge < -0.3 is 30.5 Å². The molecule has 5 rings (SSSR count). The zero-order valence-corrected chi connectivity index (χ0v) is 23.8. The van der Waals surface area contributed by atoms with Crippen LogP contribution in [0.15, 0.2) is 60.7 Å². The molecule has 1 saturated carbocycles. The van der Waals surface area contributed by atoms with Crippen LogP contribution in [0.5, 0.6) is 5.75 Å². The summed E-state index contributed by atoms with van der Waals surface area (Å²) in [5.74, 6) is 0.129. The molecule has 3 N–H and O–H groups in total. The predicted octanol–water partition coefficient (Wildman–Crippen LogP) is 6.52. The average molecular weight is 580 g/mol. The Morgan fingerprint density at radius 3 is 2.17 bits per heavy atom. The van der Waals surface area contributed by atoms with E-state index in [2.05, 4.69) is 31.8 Å². The summed E-state index contributed by atoms with van der Waals surface area (Å²) in [6.45, 7) is 2.99. The molecule has 0 aromatic heterocycles. The van der Waals surface area contributed by atoms with Crippen molar-refractivity contribution in [1.82, 2.24) is 5.32 Å². The van der Waals surface area contributed by atoms with Crippen LogP contribution in [0.1, 0.15) is 42.5 Å². The highest BCUT2D eigenvalue weighted by molar-refractivity contribution is 6.31. The fourth-order valence-electron chi connectivity index (χ4n) is 5.53. The van der Waals surface area contributed by atoms with Crippen LogP contribution in [-0.2, 0) is 0 Å². The van der Waals surface area contributed by atoms with E-state index in [0.717, 1.165) is 69.0 Å². The van der Waals surface area contributed by atoms with Gasteiger partial charge in [-0.15, -0.1) is 0 Å². The summed E-state index contributed by atoms with van der Waals surface area (Å²) >= 11 is 5.84. The summed E-state index contributed by atoms with van der Waals surface area (Å²) in [6.07, 6.45) is 5.36. The summed E-state index contributed by atoms with van der Waals surface area (Å²) in [6, 6.07) is 17.0. The Morgan fingerprint density at radius 2 is 1.49 bits per heavy atom. The van der Waals surface area contributed by atoms with E-state index in [9.17, 15) is 14.0 Å². The van der Waals surface area contributed by atoms with Crippen LogP contribution >= 0.6 is 11.6 Å². The number of ether oxygens (including phenoxy) is 1. The monoisotopic (exact) mass is 579 g/mol. The second-order valence-corrected chi connectivity index (χ2v) is 10.8. The van der Waals surface area contributed by atoms with Crippen molar-refractivity contribution in [3.05, 3.63) is 77.1 Å². The number of hydrogen-bond acceptors (Lipinski definition) is 5. The van der Waals surface area contributed by atoms with Crippen LogP contribution in [0.3, 0.4) is 0 Å². The van der Waals surface area contributed by atoms with Crippen molar-refractivity contribution in [2.24, 2.45) is 0 Å². The molecule has 3 aromatic rings. The molecule has 0 atom stereocenters. The van der Waals surface area contributed by atoms with Gasteiger partial charge in [0.15, 0.2) is 0 Å². The molecule has 3 aromatic carbocycles. The van der Waals surface area contributed by atoms with E-state index in [1.165, 1.54) is 24.6 Å². The second kappa shape index (κ2) is 13.1. The number of piperazine rings is 1. The SMILES string of the molecule is COc1ccccc1N1CCN(c2ccc(NC(=O)Nc3ccc(F)c(Cl)c3)cc2C(=O)NC2CCCCC2)CC1. The maximum atomic E-state index is 13.6. The predicted molar refractivity (Wildman–Crippen MR) is 162 cm³/mol. The van der Waals surface area contributed by atoms with Gasteiger partial charge in [0.2, 0.25) is 0 Å². The Hall–Kier alpha value is -3.98. The van der Waals surface area contributed by atoms with Gasteiger partial charge in [0, 0.05) is 49.3 Å². The van der Waals surface area contributed by atoms with E-state index in [1.54, 1.807) is 19.2 Å². The molecule has 0 unspecified atom stereocenters. The summed E-state index contributed by atoms with van der Waals surface area (Å²) in [5.41, 5.74) is 3.23. The number of amides is 3. The smallest absolute Gasteiger partial charge is 0.323 e. The summed E-state index contributed by atoms with van der Waals surface area (Å²) in [5, 5.41) is 8.58. The number of nitrogens with zero attached hydrogens (tertiary/aromatic N) is 2. The lowest BCUT2D eigenvalue weighted by Crippen LogP contribution is -2.47. The van der Waals surface area contributed by atoms with E-state index in [4.69, 9.17) is 16.3 Å². The molecule has 41 heavy (non-hydrogen) atoms. The molecule has 1 aliphatic carbocycles. The minimum atomic E-state index is -0.564. The van der Waals surface area contributed by atoms with Gasteiger partial charge in [0.05, 0.1) is 23.4 Å². The van der Waals surface area contributed by atoms with Gasteiger partial charge in [0.25, 0.3) is 5.91 Å². The molecule has 1 heterocycles. The number of rotatable bonds is 7. The summed E-state index contributed by atoms with van der Waals surface area (Å²) in [4.78, 5) is 30.8. The van der Waals surface area contributed by atoms with Gasteiger partial charge in [-0.25, -0.2) is 9.18 Å². The molecule has 1 saturated heterocycles. The number of nitrogens with one attached hydrogen (secondary N) is 3. The first-order valence-corrected chi connectivity index (χ1v) is 14.4. The fraction of sp³-hybridized carbons (Fsp3) is 0.355. The zero-order valence-electron chi connectivity index (χ0n) is 23.1. The quantitative estimate of drug-likeness (QED) is 0.297. The van der Waals surface area contributed by atoms with Crippen LogP contribution < -0.4 is 30.5 Å². The van der Waals surface area contributed by atoms with Gasteiger partial charge in [-0.05, 0) is 61.4 Å². The van der Waals surface area contributed by atoms with Crippen LogP contribution in [0, 0.1) is 5.82 Å². The maximum absolute atomic E-state index is 13.6. The third-order valence-corrected chi connectivity index (χ3v) is 7.95. The Morgan fingerprint density at radius 1 is 0.854 bits per heavy atom. The first-order valence-electron chi connectivity index (χ1n) is 14.0. The van der Waals surface area contributed by atoms with E-state index in [0.29, 0.717) is 16.9 Å². The molecule has 2 fully saturated rings. The summed E-state index contributed by atoms with van der Waals surface area (Å²) < 4.78 is 19.0. The van der Waals surface area contributed by atoms with Crippen LogP contribution in [0.4, 0.5) is 31.9 Å². The first kappa shape index (κ1) is 28.5. The molecule has 0 radical (unpaired) electrons. The van der Waals surface area contributed by atoms with Crippen molar-refractivity contribution in [3.8, 4) is 5.75 Å². The number of para-hydroxylation sites is 2. The van der Waals surface area contributed by atoms with Crippen molar-refractivity contribution in [3.63, 3.8) is 0 Å². The highest BCUT2D eigenvalue weighted by atomic mass is 35.5. The molecule has 8 nitrogen and oxygen atoms in total. The van der Waals surface area contributed by atoms with E-state index in [1.807, 2.05) is 24.3 Å². The lowest BCUT2D eigenvalue weighted by atomic mass is 9.95. The largest absolute Gasteiger partial charge is 0.495 e. The molecule has 3 amide bonds. The molecule has 10 heteroatoms. The van der Waals surface area contributed by atoms with Crippen LogP contribution in [0.2, 0.25) is 5.02 Å². The number of hydrogen-bond donors (Lipinski definition) is 3. The summed E-state index contributed by atoms with van der Waals surface area (Å²) in [7, 11) is 1.68. The minimum Gasteiger partial charge on any atom is -0.495 e. The lowest BCUT2D eigenvalue weighted by molar-refractivity contribution is 0.0928. The Balaban J connectivity index is 1.33. The molecule has 216 valence electrons.